The van der Waals surface area contributed by atoms with Crippen molar-refractivity contribution in [1.82, 2.24) is 19.9 Å². The summed E-state index contributed by atoms with van der Waals surface area (Å²) >= 11 is 1.34. The van der Waals surface area contributed by atoms with E-state index in [2.05, 4.69) is 25.7 Å². The maximum absolute atomic E-state index is 13.2. The van der Waals surface area contributed by atoms with E-state index in [-0.39, 0.29) is 24.1 Å². The molecule has 0 amide bonds. The highest BCUT2D eigenvalue weighted by Crippen LogP contribution is 2.33. The molecule has 3 rings (SSSR count). The Balaban J connectivity index is 1.77. The fourth-order valence-electron chi connectivity index (χ4n) is 2.35. The number of halogens is 2. The molecule has 0 aliphatic carbocycles. The first kappa shape index (κ1) is 18.9. The topological polar surface area (TPSA) is 73.8 Å². The zero-order valence-corrected chi connectivity index (χ0v) is 15.5. The second-order valence-corrected chi connectivity index (χ2v) is 7.14. The Hall–Kier alpha value is -2.86. The Morgan fingerprint density at radius 3 is 2.93 bits per heavy atom. The molecule has 3 heterocycles. The van der Waals surface area contributed by atoms with Gasteiger partial charge in [0.25, 0.3) is 5.89 Å². The highest BCUT2D eigenvalue weighted by molar-refractivity contribution is 7.15. The number of Topliss-reactive ketones (excluding diaryl/α,β-unsaturated/α-hetero) is 1. The molecule has 0 N–H and O–H groups in total. The summed E-state index contributed by atoms with van der Waals surface area (Å²) in [7, 11) is 0. The van der Waals surface area contributed by atoms with E-state index >= 15 is 0 Å². The standard InChI is InChI=1S/C18H16F2N4O2S/c1-4-5-6-13(25)12-9-21-24(10-12)11(2)14-7-8-15(27-14)16-22-17(26-23-16)18(3,19)20/h1,7-11H,5-6H2,2-3H3. The number of alkyl halides is 2. The van der Waals surface area contributed by atoms with Crippen LogP contribution in [0.5, 0.6) is 0 Å². The molecule has 0 aliphatic rings. The van der Waals surface area contributed by atoms with Gasteiger partial charge in [-0.3, -0.25) is 9.48 Å². The van der Waals surface area contributed by atoms with Gasteiger partial charge in [0.15, 0.2) is 5.78 Å². The molecule has 0 aromatic carbocycles. The fourth-order valence-corrected chi connectivity index (χ4v) is 3.33. The molecular formula is C18H16F2N4O2S. The van der Waals surface area contributed by atoms with Gasteiger partial charge < -0.3 is 4.52 Å². The molecule has 0 spiro atoms. The number of ketones is 1. The van der Waals surface area contributed by atoms with Crippen molar-refractivity contribution in [2.24, 2.45) is 0 Å². The minimum absolute atomic E-state index is 0.0573. The van der Waals surface area contributed by atoms with Crippen molar-refractivity contribution in [3.05, 3.63) is 40.9 Å². The van der Waals surface area contributed by atoms with Gasteiger partial charge in [0, 0.05) is 30.8 Å². The monoisotopic (exact) mass is 390 g/mol. The Labute approximate surface area is 158 Å². The van der Waals surface area contributed by atoms with Crippen LogP contribution >= 0.6 is 11.3 Å². The number of nitrogens with zero attached hydrogens (tertiary/aromatic N) is 4. The molecule has 0 saturated heterocycles. The minimum Gasteiger partial charge on any atom is -0.332 e. The molecule has 3 aromatic rings. The van der Waals surface area contributed by atoms with Gasteiger partial charge in [-0.2, -0.15) is 18.9 Å². The Bertz CT molecular complexity index is 994. The molecular weight excluding hydrogens is 374 g/mol. The van der Waals surface area contributed by atoms with Crippen LogP contribution in [0.3, 0.4) is 0 Å². The van der Waals surface area contributed by atoms with Crippen molar-refractivity contribution < 1.29 is 18.1 Å². The van der Waals surface area contributed by atoms with Crippen molar-refractivity contribution in [2.75, 3.05) is 0 Å². The lowest BCUT2D eigenvalue weighted by Gasteiger charge is -2.09. The lowest BCUT2D eigenvalue weighted by atomic mass is 10.1. The molecule has 6 nitrogen and oxygen atoms in total. The molecule has 140 valence electrons. The van der Waals surface area contributed by atoms with E-state index in [4.69, 9.17) is 6.42 Å². The van der Waals surface area contributed by atoms with E-state index in [1.165, 1.54) is 17.5 Å². The second kappa shape index (κ2) is 7.40. The minimum atomic E-state index is -3.18. The third-order valence-electron chi connectivity index (χ3n) is 3.88. The molecule has 0 fully saturated rings. The molecule has 27 heavy (non-hydrogen) atoms. The summed E-state index contributed by atoms with van der Waals surface area (Å²) in [6.07, 6.45) is 9.03. The first-order valence-electron chi connectivity index (χ1n) is 8.12. The van der Waals surface area contributed by atoms with E-state index in [1.807, 2.05) is 13.0 Å². The summed E-state index contributed by atoms with van der Waals surface area (Å²) in [5.41, 5.74) is 0.502. The number of thiophene rings is 1. The summed E-state index contributed by atoms with van der Waals surface area (Å²) in [5, 5.41) is 7.86. The van der Waals surface area contributed by atoms with Gasteiger partial charge >= 0.3 is 5.92 Å². The van der Waals surface area contributed by atoms with Crippen molar-refractivity contribution in [3.8, 4) is 23.0 Å². The third-order valence-corrected chi connectivity index (χ3v) is 5.13. The van der Waals surface area contributed by atoms with Crippen LogP contribution in [0.4, 0.5) is 8.78 Å². The number of rotatable bonds is 7. The Kier molecular flexibility index (Phi) is 5.19. The number of aromatic nitrogens is 4. The molecule has 0 bridgehead atoms. The molecule has 0 aliphatic heterocycles. The highest BCUT2D eigenvalue weighted by atomic mass is 32.1. The third kappa shape index (κ3) is 4.11. The Morgan fingerprint density at radius 1 is 1.48 bits per heavy atom. The van der Waals surface area contributed by atoms with Gasteiger partial charge in [0.2, 0.25) is 5.82 Å². The van der Waals surface area contributed by atoms with Crippen molar-refractivity contribution in [2.45, 2.75) is 38.7 Å². The van der Waals surface area contributed by atoms with Gasteiger partial charge in [-0.25, -0.2) is 0 Å². The second-order valence-electron chi connectivity index (χ2n) is 6.03. The first-order valence-corrected chi connectivity index (χ1v) is 8.94. The quantitative estimate of drug-likeness (QED) is 0.444. The van der Waals surface area contributed by atoms with Gasteiger partial charge in [-0.1, -0.05) is 5.16 Å². The van der Waals surface area contributed by atoms with Gasteiger partial charge in [-0.05, 0) is 19.1 Å². The average molecular weight is 390 g/mol. The zero-order chi connectivity index (χ0) is 19.6. The number of carbonyl (C=O) groups excluding carboxylic acids is 1. The maximum Gasteiger partial charge on any atom is 0.322 e. The van der Waals surface area contributed by atoms with E-state index < -0.39 is 11.8 Å². The molecule has 1 atom stereocenters. The van der Waals surface area contributed by atoms with Crippen LogP contribution in [0.15, 0.2) is 29.0 Å². The Morgan fingerprint density at radius 2 is 2.26 bits per heavy atom. The van der Waals surface area contributed by atoms with Gasteiger partial charge in [-0.15, -0.1) is 23.7 Å². The van der Waals surface area contributed by atoms with Crippen LogP contribution in [0.1, 0.15) is 53.9 Å². The number of hydrogen-bond donors (Lipinski definition) is 0. The SMILES string of the molecule is C#CCCC(=O)c1cnn(C(C)c2ccc(-c3noc(C(C)(F)F)n3)s2)c1. The predicted molar refractivity (Wildman–Crippen MR) is 95.6 cm³/mol. The number of carbonyl (C=O) groups is 1. The number of terminal acetylenes is 1. The van der Waals surface area contributed by atoms with Crippen LogP contribution in [-0.4, -0.2) is 25.7 Å². The summed E-state index contributed by atoms with van der Waals surface area (Å²) in [4.78, 5) is 17.3. The van der Waals surface area contributed by atoms with Gasteiger partial charge in [0.1, 0.15) is 0 Å². The van der Waals surface area contributed by atoms with Crippen LogP contribution < -0.4 is 0 Å². The fraction of sp³-hybridized carbons (Fsp3) is 0.333. The van der Waals surface area contributed by atoms with Gasteiger partial charge in [0.05, 0.1) is 22.7 Å². The molecule has 1 unspecified atom stereocenters. The molecule has 3 aromatic heterocycles. The van der Waals surface area contributed by atoms with Crippen molar-refractivity contribution >= 4 is 17.1 Å². The zero-order valence-electron chi connectivity index (χ0n) is 14.6. The summed E-state index contributed by atoms with van der Waals surface area (Å²) in [6, 6.07) is 3.42. The molecule has 9 heteroatoms. The predicted octanol–water partition coefficient (Wildman–Crippen LogP) is 4.31. The first-order chi connectivity index (χ1) is 12.8. The van der Waals surface area contributed by atoms with E-state index in [0.717, 1.165) is 4.88 Å². The molecule has 0 radical (unpaired) electrons. The lowest BCUT2D eigenvalue weighted by molar-refractivity contribution is -0.0158. The van der Waals surface area contributed by atoms with Crippen LogP contribution in [0.2, 0.25) is 0 Å². The average Bonchev–Trinajstić information content (AvgIpc) is 3.37. The normalized spacial score (nSPS) is 12.7. The smallest absolute Gasteiger partial charge is 0.322 e. The van der Waals surface area contributed by atoms with Crippen LogP contribution in [0, 0.1) is 12.3 Å². The van der Waals surface area contributed by atoms with E-state index in [0.29, 0.717) is 23.8 Å². The van der Waals surface area contributed by atoms with E-state index in [1.54, 1.807) is 16.9 Å². The lowest BCUT2D eigenvalue weighted by Crippen LogP contribution is -2.06. The van der Waals surface area contributed by atoms with Crippen LogP contribution in [-0.2, 0) is 5.92 Å². The van der Waals surface area contributed by atoms with Crippen molar-refractivity contribution in [1.29, 1.82) is 0 Å². The molecule has 0 saturated carbocycles. The maximum atomic E-state index is 13.2. The number of hydrogen-bond acceptors (Lipinski definition) is 6. The summed E-state index contributed by atoms with van der Waals surface area (Å²) < 4.78 is 32.8. The van der Waals surface area contributed by atoms with Crippen LogP contribution in [0.25, 0.3) is 10.7 Å². The largest absolute Gasteiger partial charge is 0.332 e. The van der Waals surface area contributed by atoms with Crippen molar-refractivity contribution in [3.63, 3.8) is 0 Å². The summed E-state index contributed by atoms with van der Waals surface area (Å²) in [5.74, 6) is -1.41. The summed E-state index contributed by atoms with van der Waals surface area (Å²) in [6.45, 7) is 2.62. The van der Waals surface area contributed by atoms with E-state index in [9.17, 15) is 13.6 Å². The highest BCUT2D eigenvalue weighted by Gasteiger charge is 2.32.